The van der Waals surface area contributed by atoms with Gasteiger partial charge in [0.05, 0.1) is 6.54 Å². The van der Waals surface area contributed by atoms with E-state index in [1.165, 1.54) is 11.8 Å². The molecule has 4 rings (SSSR count). The Morgan fingerprint density at radius 2 is 2.00 bits per heavy atom. The van der Waals surface area contributed by atoms with Crippen molar-refractivity contribution in [2.24, 2.45) is 15.9 Å². The highest BCUT2D eigenvalue weighted by Crippen LogP contribution is 2.31. The molecule has 0 unspecified atom stereocenters. The quantitative estimate of drug-likeness (QED) is 0.794. The van der Waals surface area contributed by atoms with Crippen LogP contribution in [0.25, 0.3) is 0 Å². The Morgan fingerprint density at radius 1 is 1.19 bits per heavy atom. The maximum absolute atomic E-state index is 11.9. The molecule has 1 aromatic heterocycles. The summed E-state index contributed by atoms with van der Waals surface area (Å²) in [4.78, 5) is 34.6. The van der Waals surface area contributed by atoms with Crippen LogP contribution in [-0.4, -0.2) is 39.5 Å². The number of carbonyl (C=O) groups excluding carboxylic acids is 1. The smallest absolute Gasteiger partial charge is 0.233 e. The molecule has 7 nitrogen and oxygen atoms in total. The van der Waals surface area contributed by atoms with E-state index in [-0.39, 0.29) is 0 Å². The highest BCUT2D eigenvalue weighted by molar-refractivity contribution is 7.99. The zero-order chi connectivity index (χ0) is 18.6. The number of aryl methyl sites for hydroxylation is 1. The standard InChI is InChI=1S/C19H20N6OS/c1-2-16-22-18(24-17-20-9-10-21-17)25-19(23-16)27-14-7-3-12(4-8-14)11-15(26)13-5-6-13/h3-4,7-9,13H,2,5-6,10-11H2,1H3,(H,21,22,23,24,25). The molecule has 1 saturated carbocycles. The summed E-state index contributed by atoms with van der Waals surface area (Å²) in [5.41, 5.74) is 1.06. The minimum Gasteiger partial charge on any atom is -0.299 e. The molecule has 27 heavy (non-hydrogen) atoms. The molecule has 1 aliphatic carbocycles. The molecule has 1 N–H and O–H groups in total. The van der Waals surface area contributed by atoms with Gasteiger partial charge in [0, 0.05) is 29.9 Å². The van der Waals surface area contributed by atoms with Crippen LogP contribution in [0.4, 0.5) is 5.95 Å². The van der Waals surface area contributed by atoms with E-state index in [4.69, 9.17) is 0 Å². The molecule has 2 aliphatic rings. The fourth-order valence-electron chi connectivity index (χ4n) is 2.66. The van der Waals surface area contributed by atoms with Crippen molar-refractivity contribution in [1.29, 1.82) is 0 Å². The van der Waals surface area contributed by atoms with Crippen LogP contribution in [0.5, 0.6) is 0 Å². The number of benzene rings is 1. The first-order valence-electron chi connectivity index (χ1n) is 9.08. The third-order valence-corrected chi connectivity index (χ3v) is 5.15. The number of nitrogens with one attached hydrogen (secondary N) is 1. The number of hydrogen-bond acceptors (Lipinski definition) is 8. The summed E-state index contributed by atoms with van der Waals surface area (Å²) >= 11 is 1.47. The second-order valence-corrected chi connectivity index (χ2v) is 7.52. The van der Waals surface area contributed by atoms with Crippen LogP contribution in [0, 0.1) is 5.92 Å². The van der Waals surface area contributed by atoms with E-state index in [2.05, 4.69) is 30.3 Å². The number of anilines is 1. The second kappa shape index (κ2) is 7.96. The number of guanidine groups is 1. The molecule has 2 heterocycles. The Balaban J connectivity index is 1.45. The predicted octanol–water partition coefficient (Wildman–Crippen LogP) is 2.96. The van der Waals surface area contributed by atoms with Crippen molar-refractivity contribution in [2.75, 3.05) is 11.9 Å². The number of nitrogens with zero attached hydrogens (tertiary/aromatic N) is 5. The minimum absolute atomic E-state index is 0.302. The van der Waals surface area contributed by atoms with Crippen LogP contribution < -0.4 is 5.32 Å². The molecule has 0 saturated heterocycles. The van der Waals surface area contributed by atoms with Gasteiger partial charge in [-0.05, 0) is 42.3 Å². The van der Waals surface area contributed by atoms with E-state index in [1.807, 2.05) is 31.2 Å². The van der Waals surface area contributed by atoms with Crippen molar-refractivity contribution in [3.8, 4) is 0 Å². The summed E-state index contributed by atoms with van der Waals surface area (Å²) in [6, 6.07) is 8.03. The minimum atomic E-state index is 0.302. The molecule has 0 radical (unpaired) electrons. The van der Waals surface area contributed by atoms with E-state index in [1.54, 1.807) is 6.21 Å². The average molecular weight is 380 g/mol. The van der Waals surface area contributed by atoms with Crippen molar-refractivity contribution in [1.82, 2.24) is 15.0 Å². The molecule has 0 bridgehead atoms. The van der Waals surface area contributed by atoms with E-state index >= 15 is 0 Å². The average Bonchev–Trinajstić information content (AvgIpc) is 3.41. The Morgan fingerprint density at radius 3 is 2.67 bits per heavy atom. The summed E-state index contributed by atoms with van der Waals surface area (Å²) < 4.78 is 0. The van der Waals surface area contributed by atoms with Gasteiger partial charge in [-0.3, -0.25) is 10.1 Å². The number of carbonyl (C=O) groups is 1. The third-order valence-electron chi connectivity index (χ3n) is 4.28. The summed E-state index contributed by atoms with van der Waals surface area (Å²) in [5, 5.41) is 3.65. The monoisotopic (exact) mass is 380 g/mol. The fraction of sp³-hybridized carbons (Fsp3) is 0.368. The van der Waals surface area contributed by atoms with Crippen LogP contribution in [0.2, 0.25) is 0 Å². The van der Waals surface area contributed by atoms with Gasteiger partial charge in [-0.2, -0.15) is 9.97 Å². The lowest BCUT2D eigenvalue weighted by Crippen LogP contribution is -2.12. The number of hydrogen-bond donors (Lipinski definition) is 1. The first-order chi connectivity index (χ1) is 13.2. The third kappa shape index (κ3) is 4.77. The topological polar surface area (TPSA) is 92.5 Å². The number of aromatic nitrogens is 3. The van der Waals surface area contributed by atoms with Gasteiger partial charge in [-0.25, -0.2) is 15.0 Å². The molecular weight excluding hydrogens is 360 g/mol. The predicted molar refractivity (Wildman–Crippen MR) is 106 cm³/mol. The van der Waals surface area contributed by atoms with E-state index in [0.29, 0.717) is 54.0 Å². The first kappa shape index (κ1) is 17.8. The SMILES string of the molecule is CCc1nc(NC2=NCC=N2)nc(Sc2ccc(CC(=O)C3CC3)cc2)n1. The Labute approximate surface area is 161 Å². The maximum Gasteiger partial charge on any atom is 0.233 e. The molecule has 1 aromatic carbocycles. The van der Waals surface area contributed by atoms with Gasteiger partial charge in [0.2, 0.25) is 11.9 Å². The summed E-state index contributed by atoms with van der Waals surface area (Å²) in [5.74, 6) is 2.34. The first-order valence-corrected chi connectivity index (χ1v) is 9.89. The number of ketones is 1. The van der Waals surface area contributed by atoms with Gasteiger partial charge < -0.3 is 0 Å². The molecule has 138 valence electrons. The molecule has 0 atom stereocenters. The molecular formula is C19H20N6OS. The lowest BCUT2D eigenvalue weighted by atomic mass is 10.1. The Kier molecular flexibility index (Phi) is 5.24. The van der Waals surface area contributed by atoms with E-state index < -0.39 is 0 Å². The van der Waals surface area contributed by atoms with E-state index in [9.17, 15) is 4.79 Å². The number of Topliss-reactive ketones (excluding diaryl/α,β-unsaturated/α-hetero) is 1. The van der Waals surface area contributed by atoms with Crippen LogP contribution in [0.15, 0.2) is 44.3 Å². The van der Waals surface area contributed by atoms with Crippen molar-refractivity contribution in [3.05, 3.63) is 35.7 Å². The maximum atomic E-state index is 11.9. The summed E-state index contributed by atoms with van der Waals surface area (Å²) in [7, 11) is 0. The van der Waals surface area contributed by atoms with Crippen molar-refractivity contribution < 1.29 is 4.79 Å². The molecule has 2 aromatic rings. The van der Waals surface area contributed by atoms with Crippen molar-refractivity contribution in [2.45, 2.75) is 42.7 Å². The highest BCUT2D eigenvalue weighted by Gasteiger charge is 2.28. The lowest BCUT2D eigenvalue weighted by Gasteiger charge is -2.07. The normalized spacial score (nSPS) is 15.7. The zero-order valence-electron chi connectivity index (χ0n) is 15.1. The van der Waals surface area contributed by atoms with Gasteiger partial charge in [0.15, 0.2) is 5.16 Å². The highest BCUT2D eigenvalue weighted by atomic mass is 32.2. The Hall–Kier alpha value is -2.61. The number of rotatable bonds is 7. The molecule has 8 heteroatoms. The zero-order valence-corrected chi connectivity index (χ0v) is 15.9. The fourth-order valence-corrected chi connectivity index (χ4v) is 3.42. The lowest BCUT2D eigenvalue weighted by molar-refractivity contribution is -0.119. The van der Waals surface area contributed by atoms with Crippen molar-refractivity contribution in [3.63, 3.8) is 0 Å². The molecule has 0 spiro atoms. The van der Waals surface area contributed by atoms with Crippen LogP contribution in [0.1, 0.15) is 31.2 Å². The van der Waals surface area contributed by atoms with Gasteiger partial charge >= 0.3 is 0 Å². The van der Waals surface area contributed by atoms with Crippen LogP contribution >= 0.6 is 11.8 Å². The summed E-state index contributed by atoms with van der Waals surface area (Å²) in [6.45, 7) is 2.58. The Bertz CT molecular complexity index is 905. The van der Waals surface area contributed by atoms with E-state index in [0.717, 1.165) is 23.3 Å². The number of aliphatic imine (C=N–C) groups is 2. The van der Waals surface area contributed by atoms with Gasteiger partial charge in [0.1, 0.15) is 11.6 Å². The largest absolute Gasteiger partial charge is 0.299 e. The molecule has 1 fully saturated rings. The summed E-state index contributed by atoms with van der Waals surface area (Å²) in [6.07, 6.45) is 5.08. The second-order valence-electron chi connectivity index (χ2n) is 6.48. The van der Waals surface area contributed by atoms with Crippen LogP contribution in [-0.2, 0) is 17.6 Å². The van der Waals surface area contributed by atoms with Gasteiger partial charge in [-0.1, -0.05) is 19.1 Å². The molecule has 1 aliphatic heterocycles. The van der Waals surface area contributed by atoms with Crippen molar-refractivity contribution >= 4 is 35.7 Å². The van der Waals surface area contributed by atoms with Crippen LogP contribution in [0.3, 0.4) is 0 Å². The van der Waals surface area contributed by atoms with Gasteiger partial charge in [-0.15, -0.1) is 0 Å². The van der Waals surface area contributed by atoms with Gasteiger partial charge in [0.25, 0.3) is 0 Å². The molecule has 0 amide bonds.